The van der Waals surface area contributed by atoms with Crippen molar-refractivity contribution >= 4 is 78.2 Å². The molecule has 2 heterocycles. The van der Waals surface area contributed by atoms with Crippen LogP contribution in [0.5, 0.6) is 0 Å². The number of amides is 2. The van der Waals surface area contributed by atoms with Crippen molar-refractivity contribution in [2.24, 2.45) is 0 Å². The first-order valence-corrected chi connectivity index (χ1v) is 25.2. The zero-order chi connectivity index (χ0) is 49.1. The second-order valence-electron chi connectivity index (χ2n) is 19.0. The van der Waals surface area contributed by atoms with Crippen molar-refractivity contribution < 1.29 is 57.7 Å². The Bertz CT molecular complexity index is 2300. The molecule has 6 aromatic rings. The number of nitrogens with zero attached hydrogens (tertiary/aromatic N) is 6. The predicted molar refractivity (Wildman–Crippen MR) is 285 cm³/mol. The Hall–Kier alpha value is -5.18. The molecule has 71 heavy (non-hydrogen) atoms. The molecule has 15 heteroatoms. The topological polar surface area (TPSA) is 107 Å². The highest BCUT2D eigenvalue weighted by Gasteiger charge is 2.20. The number of anilines is 4. The molecule has 0 saturated heterocycles. The van der Waals surface area contributed by atoms with Crippen molar-refractivity contribution in [3.05, 3.63) is 84.9 Å². The number of rotatable bonds is 30. The van der Waals surface area contributed by atoms with E-state index in [1.165, 1.54) is 66.4 Å². The van der Waals surface area contributed by atoms with E-state index in [2.05, 4.69) is 181 Å². The molecular formula is C56H80Cl2N8O5. The fraction of sp³-hybridized carbons (Fsp3) is 0.500. The smallest absolute Gasteiger partial charge is 0.219 e. The van der Waals surface area contributed by atoms with Crippen LogP contribution in [0.1, 0.15) is 64.2 Å². The summed E-state index contributed by atoms with van der Waals surface area (Å²) in [5, 5.41) is 11.0. The first kappa shape index (κ1) is 58.4. The number of ether oxygens (including phenoxy) is 3. The molecule has 4 aromatic carbocycles. The first-order valence-electron chi connectivity index (χ1n) is 25.2. The lowest BCUT2D eigenvalue weighted by atomic mass is 10.1. The van der Waals surface area contributed by atoms with Crippen molar-refractivity contribution in [3.63, 3.8) is 0 Å². The van der Waals surface area contributed by atoms with E-state index in [0.717, 1.165) is 64.5 Å². The number of benzene rings is 4. The molecule has 2 N–H and O–H groups in total. The van der Waals surface area contributed by atoms with Gasteiger partial charge in [0.15, 0.2) is 0 Å². The molecule has 0 atom stereocenters. The van der Waals surface area contributed by atoms with E-state index in [1.807, 2.05) is 0 Å². The standard InChI is InChI=1S/C56H78N8O5.2ClH/c1-59(2)47-23-19-43-37-44-20-24-48(60(3)4)40-52(44)63(51(43)39-47)29-13-9-11-17-55(65)57-27-15-31-67-33-35-69-36-34-68-32-16-28-58-56(66)18-12-10-14-30-64-53-41-49(61(5)6)25-21-45(53)38-46-22-26-50(62(7)8)42-54(46)64;;/h19-26,37-42H,9-18,27-36H2,1-8H3;2*1H. The molecule has 2 aromatic heterocycles. The van der Waals surface area contributed by atoms with Crippen molar-refractivity contribution in [2.75, 3.05) is 129 Å². The van der Waals surface area contributed by atoms with Crippen LogP contribution in [0.2, 0.25) is 0 Å². The summed E-state index contributed by atoms with van der Waals surface area (Å²) in [7, 11) is 16.6. The molecule has 0 aliphatic carbocycles. The second kappa shape index (κ2) is 30.0. The first-order chi connectivity index (χ1) is 33.4. The van der Waals surface area contributed by atoms with Crippen molar-refractivity contribution in [1.29, 1.82) is 0 Å². The Morgan fingerprint density at radius 1 is 0.394 bits per heavy atom. The highest BCUT2D eigenvalue weighted by molar-refractivity contribution is 5.92. The van der Waals surface area contributed by atoms with E-state index >= 15 is 0 Å². The third kappa shape index (κ3) is 17.5. The lowest BCUT2D eigenvalue weighted by Crippen LogP contribution is -3.00. The summed E-state index contributed by atoms with van der Waals surface area (Å²) in [5.74, 6) is 0.196. The van der Waals surface area contributed by atoms with Gasteiger partial charge in [-0.15, -0.1) is 0 Å². The van der Waals surface area contributed by atoms with Gasteiger partial charge < -0.3 is 69.3 Å². The van der Waals surface area contributed by atoms with Crippen LogP contribution in [0.15, 0.2) is 84.9 Å². The van der Waals surface area contributed by atoms with Gasteiger partial charge in [-0.25, -0.2) is 0 Å². The summed E-state index contributed by atoms with van der Waals surface area (Å²) in [6.45, 7) is 6.15. The maximum Gasteiger partial charge on any atom is 0.219 e. The molecule has 6 rings (SSSR count). The van der Waals surface area contributed by atoms with Crippen LogP contribution in [0, 0.1) is 0 Å². The summed E-state index contributed by atoms with van der Waals surface area (Å²) >= 11 is 0. The van der Waals surface area contributed by atoms with Gasteiger partial charge in [0, 0.05) is 177 Å². The lowest BCUT2D eigenvalue weighted by molar-refractivity contribution is -0.646. The SMILES string of the molecule is CN(C)c1ccc2cc3ccc(N(C)C)cc3[n+](CCCCCC(=O)NCCCOCCOCCOCCCNC(=O)CCCCC[n+]3c4cc(N(C)C)ccc4cc4ccc(N(C)C)cc43)c2c1.[Cl-].[Cl-]. The number of unbranched alkanes of at least 4 members (excludes halogenated alkanes) is 4. The highest BCUT2D eigenvalue weighted by Crippen LogP contribution is 2.27. The molecule has 13 nitrogen and oxygen atoms in total. The fourth-order valence-corrected chi connectivity index (χ4v) is 8.73. The third-order valence-electron chi connectivity index (χ3n) is 12.8. The van der Waals surface area contributed by atoms with Crippen LogP contribution in [0.25, 0.3) is 43.6 Å². The Morgan fingerprint density at radius 2 is 0.690 bits per heavy atom. The molecule has 0 bridgehead atoms. The largest absolute Gasteiger partial charge is 1.00 e. The van der Waals surface area contributed by atoms with E-state index in [1.54, 1.807) is 0 Å². The molecular weight excluding hydrogens is 936 g/mol. The summed E-state index contributed by atoms with van der Waals surface area (Å²) in [5.41, 5.74) is 9.65. The summed E-state index contributed by atoms with van der Waals surface area (Å²) in [6, 6.07) is 31.3. The lowest BCUT2D eigenvalue weighted by Gasteiger charge is -2.15. The number of aromatic nitrogens is 2. The minimum absolute atomic E-state index is 0. The Morgan fingerprint density at radius 3 is 0.986 bits per heavy atom. The average Bonchev–Trinajstić information content (AvgIpc) is 3.33. The maximum absolute atomic E-state index is 12.6. The monoisotopic (exact) mass is 1010 g/mol. The number of hydrogen-bond acceptors (Lipinski definition) is 9. The van der Waals surface area contributed by atoms with Crippen LogP contribution in [0.3, 0.4) is 0 Å². The number of pyridine rings is 2. The minimum atomic E-state index is 0. The van der Waals surface area contributed by atoms with Gasteiger partial charge in [0.05, 0.1) is 26.4 Å². The summed E-state index contributed by atoms with van der Waals surface area (Å²) < 4.78 is 22.0. The minimum Gasteiger partial charge on any atom is -1.00 e. The van der Waals surface area contributed by atoms with Crippen LogP contribution in [-0.4, -0.2) is 121 Å². The van der Waals surface area contributed by atoms with Gasteiger partial charge >= 0.3 is 0 Å². The number of carbonyl (C=O) groups excluding carboxylic acids is 2. The fourth-order valence-electron chi connectivity index (χ4n) is 8.73. The summed E-state index contributed by atoms with van der Waals surface area (Å²) in [4.78, 5) is 33.7. The van der Waals surface area contributed by atoms with Crippen molar-refractivity contribution in [2.45, 2.75) is 77.3 Å². The van der Waals surface area contributed by atoms with E-state index in [4.69, 9.17) is 14.2 Å². The molecule has 2 amide bonds. The van der Waals surface area contributed by atoms with Gasteiger partial charge in [0.25, 0.3) is 0 Å². The highest BCUT2D eigenvalue weighted by atomic mass is 35.5. The Labute approximate surface area is 435 Å². The maximum atomic E-state index is 12.6. The molecule has 0 fully saturated rings. The number of hydrogen-bond donors (Lipinski definition) is 2. The number of nitrogens with one attached hydrogen (secondary N) is 2. The van der Waals surface area contributed by atoms with Gasteiger partial charge in [0.1, 0.15) is 13.1 Å². The Kier molecular flexibility index (Phi) is 24.7. The number of carbonyl (C=O) groups is 2. The molecule has 0 aliphatic heterocycles. The van der Waals surface area contributed by atoms with E-state index in [-0.39, 0.29) is 36.6 Å². The molecule has 0 radical (unpaired) electrons. The molecule has 0 saturated carbocycles. The van der Waals surface area contributed by atoms with E-state index in [9.17, 15) is 9.59 Å². The second-order valence-corrected chi connectivity index (χ2v) is 19.0. The van der Waals surface area contributed by atoms with Gasteiger partial charge in [-0.2, -0.15) is 9.13 Å². The molecule has 388 valence electrons. The van der Waals surface area contributed by atoms with Gasteiger partial charge in [-0.05, 0) is 99.2 Å². The van der Waals surface area contributed by atoms with Gasteiger partial charge in [0.2, 0.25) is 33.9 Å². The molecule has 0 unspecified atom stereocenters. The molecule has 0 spiro atoms. The number of fused-ring (bicyclic) bond motifs is 4. The van der Waals surface area contributed by atoms with Gasteiger partial charge in [-0.3, -0.25) is 9.59 Å². The quantitative estimate of drug-likeness (QED) is 0.0399. The number of aryl methyl sites for hydroxylation is 2. The van der Waals surface area contributed by atoms with Gasteiger partial charge in [-0.1, -0.05) is 0 Å². The molecule has 0 aliphatic rings. The zero-order valence-electron chi connectivity index (χ0n) is 43.7. The van der Waals surface area contributed by atoms with Crippen molar-refractivity contribution in [1.82, 2.24) is 10.6 Å². The van der Waals surface area contributed by atoms with Crippen molar-refractivity contribution in [3.8, 4) is 0 Å². The number of halogens is 2. The third-order valence-corrected chi connectivity index (χ3v) is 12.8. The average molecular weight is 1020 g/mol. The van der Waals surface area contributed by atoms with Crippen LogP contribution in [0.4, 0.5) is 22.7 Å². The summed E-state index contributed by atoms with van der Waals surface area (Å²) in [6.07, 6.45) is 8.27. The van der Waals surface area contributed by atoms with Crippen LogP contribution >= 0.6 is 0 Å². The van der Waals surface area contributed by atoms with Crippen LogP contribution in [-0.2, 0) is 36.9 Å². The predicted octanol–water partition coefficient (Wildman–Crippen LogP) is 2.03. The van der Waals surface area contributed by atoms with E-state index in [0.29, 0.717) is 65.6 Å². The van der Waals surface area contributed by atoms with Crippen LogP contribution < -0.4 is 64.2 Å². The van der Waals surface area contributed by atoms with E-state index < -0.39 is 0 Å². The Balaban J connectivity index is 0.00000548. The normalized spacial score (nSPS) is 11.2. The zero-order valence-corrected chi connectivity index (χ0v) is 45.2.